The van der Waals surface area contributed by atoms with Gasteiger partial charge < -0.3 is 29.9 Å². The smallest absolute Gasteiger partial charge is 0.302 e. The zero-order valence-electron chi connectivity index (χ0n) is 19.6. The number of phenolic OH excluding ortho intramolecular Hbond substituents is 3. The van der Waals surface area contributed by atoms with E-state index in [0.717, 1.165) is 12.8 Å². The van der Waals surface area contributed by atoms with Gasteiger partial charge in [-0.1, -0.05) is 27.2 Å². The molecule has 1 saturated carbocycles. The number of aliphatic hydroxyl groups excluding tert-OH is 1. The molecule has 0 aromatic heterocycles. The molecule has 0 amide bonds. The Labute approximate surface area is 192 Å². The number of ether oxygens (including phenoxy) is 2. The fourth-order valence-corrected chi connectivity index (χ4v) is 6.00. The van der Waals surface area contributed by atoms with Gasteiger partial charge in [0.15, 0.2) is 17.3 Å². The first-order valence-corrected chi connectivity index (χ1v) is 11.0. The molecule has 4 N–H and O–H groups in total. The first-order chi connectivity index (χ1) is 15.2. The van der Waals surface area contributed by atoms with Crippen LogP contribution in [0, 0.1) is 11.3 Å². The second kappa shape index (κ2) is 8.52. The number of benzene rings is 1. The van der Waals surface area contributed by atoms with Gasteiger partial charge >= 0.3 is 11.9 Å². The number of fused-ring (bicyclic) bond motifs is 3. The summed E-state index contributed by atoms with van der Waals surface area (Å²) in [6, 6.07) is 0. The van der Waals surface area contributed by atoms with Gasteiger partial charge in [-0.3, -0.25) is 14.4 Å². The Morgan fingerprint density at radius 3 is 2.03 bits per heavy atom. The molecule has 9 nitrogen and oxygen atoms in total. The SMILES string of the molecule is CC(=O)OCC(COC(C)=O)c1c(O)c(O)c2c(c1O)C(=O)[C@@H](O)[C@@H]1C(C)(C)CCC[C@]21C. The van der Waals surface area contributed by atoms with Crippen molar-refractivity contribution in [3.8, 4) is 17.2 Å². The first-order valence-electron chi connectivity index (χ1n) is 11.0. The lowest BCUT2D eigenvalue weighted by atomic mass is 9.49. The topological polar surface area (TPSA) is 151 Å². The molecule has 0 spiro atoms. The van der Waals surface area contributed by atoms with Gasteiger partial charge in [-0.25, -0.2) is 0 Å². The van der Waals surface area contributed by atoms with Crippen molar-refractivity contribution < 1.29 is 44.3 Å². The number of hydrogen-bond donors (Lipinski definition) is 4. The Bertz CT molecular complexity index is 978. The van der Waals surface area contributed by atoms with Gasteiger partial charge in [0.2, 0.25) is 0 Å². The van der Waals surface area contributed by atoms with Crippen LogP contribution in [0.3, 0.4) is 0 Å². The molecule has 0 aliphatic heterocycles. The Hall–Kier alpha value is -2.81. The molecule has 3 atom stereocenters. The molecule has 0 bridgehead atoms. The summed E-state index contributed by atoms with van der Waals surface area (Å²) >= 11 is 0. The summed E-state index contributed by atoms with van der Waals surface area (Å²) < 4.78 is 9.99. The lowest BCUT2D eigenvalue weighted by Crippen LogP contribution is -2.56. The van der Waals surface area contributed by atoms with Crippen molar-refractivity contribution in [1.82, 2.24) is 0 Å². The number of ketones is 1. The number of aliphatic hydroxyl groups is 1. The summed E-state index contributed by atoms with van der Waals surface area (Å²) in [6.07, 6.45) is 0.663. The van der Waals surface area contributed by atoms with E-state index in [1.165, 1.54) is 13.8 Å². The maximum Gasteiger partial charge on any atom is 0.302 e. The molecule has 2 aliphatic carbocycles. The van der Waals surface area contributed by atoms with Crippen molar-refractivity contribution in [3.05, 3.63) is 16.7 Å². The van der Waals surface area contributed by atoms with Gasteiger partial charge in [-0.15, -0.1) is 0 Å². The Morgan fingerprint density at radius 1 is 0.970 bits per heavy atom. The van der Waals surface area contributed by atoms with Gasteiger partial charge in [0.1, 0.15) is 25.1 Å². The number of aromatic hydroxyl groups is 3. The highest BCUT2D eigenvalue weighted by Crippen LogP contribution is 2.62. The zero-order chi connectivity index (χ0) is 24.9. The van der Waals surface area contributed by atoms with Crippen LogP contribution in [-0.4, -0.2) is 57.5 Å². The average Bonchev–Trinajstić information content (AvgIpc) is 2.69. The van der Waals surface area contributed by atoms with Crippen LogP contribution in [-0.2, 0) is 24.5 Å². The summed E-state index contributed by atoms with van der Waals surface area (Å²) in [5, 5.41) is 44.3. The third-order valence-corrected chi connectivity index (χ3v) is 7.29. The van der Waals surface area contributed by atoms with Crippen molar-refractivity contribution in [2.24, 2.45) is 11.3 Å². The highest BCUT2D eigenvalue weighted by molar-refractivity contribution is 6.06. The normalized spacial score (nSPS) is 25.8. The number of rotatable bonds is 5. The molecule has 9 heteroatoms. The summed E-state index contributed by atoms with van der Waals surface area (Å²) in [4.78, 5) is 36.0. The maximum absolute atomic E-state index is 13.3. The molecular weight excluding hydrogens is 432 g/mol. The molecule has 1 aromatic rings. The molecule has 182 valence electrons. The van der Waals surface area contributed by atoms with E-state index in [4.69, 9.17) is 9.47 Å². The van der Waals surface area contributed by atoms with E-state index in [1.807, 2.05) is 20.8 Å². The largest absolute Gasteiger partial charge is 0.507 e. The Morgan fingerprint density at radius 2 is 1.52 bits per heavy atom. The molecule has 3 rings (SSSR count). The summed E-state index contributed by atoms with van der Waals surface area (Å²) in [5.41, 5.74) is -1.76. The number of phenols is 3. The minimum atomic E-state index is -1.42. The third-order valence-electron chi connectivity index (χ3n) is 7.29. The van der Waals surface area contributed by atoms with Crippen LogP contribution in [0.25, 0.3) is 0 Å². The van der Waals surface area contributed by atoms with Gasteiger partial charge in [0.05, 0.1) is 17.0 Å². The fourth-order valence-electron chi connectivity index (χ4n) is 6.00. The van der Waals surface area contributed by atoms with Crippen molar-refractivity contribution >= 4 is 17.7 Å². The molecule has 0 heterocycles. The van der Waals surface area contributed by atoms with Gasteiger partial charge in [0.25, 0.3) is 0 Å². The third kappa shape index (κ3) is 4.03. The van der Waals surface area contributed by atoms with Crippen molar-refractivity contribution in [2.75, 3.05) is 13.2 Å². The van der Waals surface area contributed by atoms with Crippen molar-refractivity contribution in [1.29, 1.82) is 0 Å². The van der Waals surface area contributed by atoms with E-state index in [1.54, 1.807) is 0 Å². The second-order valence-corrected chi connectivity index (χ2v) is 10.1. The zero-order valence-corrected chi connectivity index (χ0v) is 19.6. The Kier molecular flexibility index (Phi) is 6.41. The number of Topliss-reactive ketones (excluding diaryl/α,β-unsaturated/α-hetero) is 1. The molecule has 0 radical (unpaired) electrons. The monoisotopic (exact) mass is 464 g/mol. The van der Waals surface area contributed by atoms with Crippen LogP contribution in [0.5, 0.6) is 17.2 Å². The van der Waals surface area contributed by atoms with Gasteiger partial charge in [-0.2, -0.15) is 0 Å². The van der Waals surface area contributed by atoms with E-state index >= 15 is 0 Å². The first kappa shape index (κ1) is 24.8. The number of esters is 2. The van der Waals surface area contributed by atoms with Gasteiger partial charge in [0, 0.05) is 30.7 Å². The number of carbonyl (C=O) groups is 3. The van der Waals surface area contributed by atoms with Crippen LogP contribution in [0.4, 0.5) is 0 Å². The minimum Gasteiger partial charge on any atom is -0.507 e. The van der Waals surface area contributed by atoms with Crippen LogP contribution >= 0.6 is 0 Å². The lowest BCUT2D eigenvalue weighted by molar-refractivity contribution is -0.144. The van der Waals surface area contributed by atoms with Crippen LogP contribution < -0.4 is 0 Å². The average molecular weight is 465 g/mol. The quantitative estimate of drug-likeness (QED) is 0.293. The van der Waals surface area contributed by atoms with E-state index in [0.29, 0.717) is 6.42 Å². The summed E-state index contributed by atoms with van der Waals surface area (Å²) in [7, 11) is 0. The summed E-state index contributed by atoms with van der Waals surface area (Å²) in [5.74, 6) is -5.51. The van der Waals surface area contributed by atoms with Crippen LogP contribution in [0.15, 0.2) is 0 Å². The van der Waals surface area contributed by atoms with Gasteiger partial charge in [-0.05, 0) is 18.3 Å². The fraction of sp³-hybridized carbons (Fsp3) is 0.625. The standard InChI is InChI=1S/C24H32O9/c1-11(25)32-9-13(10-33-12(2)26)14-17(27)15-16(20(30)18(14)28)24(5)8-6-7-23(3,4)22(24)21(31)19(15)29/h13,21-22,27-28,30-31H,6-10H2,1-5H3/t21-,22-,24-/m1/s1. The van der Waals surface area contributed by atoms with E-state index < -0.39 is 63.7 Å². The van der Waals surface area contributed by atoms with E-state index in [-0.39, 0.29) is 29.9 Å². The molecule has 0 saturated heterocycles. The summed E-state index contributed by atoms with van der Waals surface area (Å²) in [6.45, 7) is 7.29. The molecule has 1 fully saturated rings. The Balaban J connectivity index is 2.25. The van der Waals surface area contributed by atoms with Crippen LogP contribution in [0.1, 0.15) is 81.3 Å². The van der Waals surface area contributed by atoms with E-state index in [9.17, 15) is 34.8 Å². The highest BCUT2D eigenvalue weighted by Gasteiger charge is 2.59. The number of hydrogen-bond acceptors (Lipinski definition) is 9. The molecular formula is C24H32O9. The second-order valence-electron chi connectivity index (χ2n) is 10.1. The minimum absolute atomic E-state index is 0.105. The maximum atomic E-state index is 13.3. The van der Waals surface area contributed by atoms with E-state index in [2.05, 4.69) is 0 Å². The molecule has 33 heavy (non-hydrogen) atoms. The predicted molar refractivity (Wildman–Crippen MR) is 116 cm³/mol. The molecule has 0 unspecified atom stereocenters. The van der Waals surface area contributed by atoms with Crippen LogP contribution in [0.2, 0.25) is 0 Å². The van der Waals surface area contributed by atoms with Crippen molar-refractivity contribution in [3.63, 3.8) is 0 Å². The number of carbonyl (C=O) groups excluding carboxylic acids is 3. The lowest BCUT2D eigenvalue weighted by Gasteiger charge is -2.55. The predicted octanol–water partition coefficient (Wildman–Crippen LogP) is 2.65. The molecule has 1 aromatic carbocycles. The molecule has 2 aliphatic rings. The van der Waals surface area contributed by atoms with Crippen molar-refractivity contribution in [2.45, 2.75) is 71.3 Å². The highest BCUT2D eigenvalue weighted by atomic mass is 16.5.